The van der Waals surface area contributed by atoms with Crippen LogP contribution in [0.5, 0.6) is 5.75 Å². The Balaban J connectivity index is 1.45. The first-order chi connectivity index (χ1) is 14.6. The van der Waals surface area contributed by atoms with Crippen LogP contribution in [0.3, 0.4) is 0 Å². The Morgan fingerprint density at radius 1 is 1.10 bits per heavy atom. The van der Waals surface area contributed by atoms with Crippen LogP contribution in [0.1, 0.15) is 18.9 Å². The number of nitrogens with zero attached hydrogens (tertiary/aromatic N) is 1. The fourth-order valence-electron chi connectivity index (χ4n) is 3.35. The first kappa shape index (κ1) is 21.4. The number of amides is 2. The summed E-state index contributed by atoms with van der Waals surface area (Å²) in [7, 11) is 0. The van der Waals surface area contributed by atoms with Crippen LogP contribution in [0.2, 0.25) is 0 Å². The van der Waals surface area contributed by atoms with Crippen molar-refractivity contribution < 1.29 is 23.9 Å². The van der Waals surface area contributed by atoms with Gasteiger partial charge in [0.1, 0.15) is 5.75 Å². The van der Waals surface area contributed by atoms with Crippen molar-refractivity contribution in [1.82, 2.24) is 4.90 Å². The van der Waals surface area contributed by atoms with E-state index in [0.29, 0.717) is 31.1 Å². The molecule has 2 amide bonds. The third-order valence-electron chi connectivity index (χ3n) is 4.87. The van der Waals surface area contributed by atoms with Crippen LogP contribution >= 0.6 is 0 Å². The Labute approximate surface area is 176 Å². The second kappa shape index (κ2) is 10.4. The van der Waals surface area contributed by atoms with E-state index in [4.69, 9.17) is 9.47 Å². The molecule has 0 radical (unpaired) electrons. The Kier molecular flexibility index (Phi) is 7.43. The number of carbonyl (C=O) groups is 3. The Morgan fingerprint density at radius 3 is 2.60 bits per heavy atom. The van der Waals surface area contributed by atoms with Gasteiger partial charge in [0.25, 0.3) is 5.91 Å². The van der Waals surface area contributed by atoms with E-state index in [0.717, 1.165) is 12.0 Å². The molecule has 0 spiro atoms. The van der Waals surface area contributed by atoms with E-state index in [2.05, 4.69) is 5.32 Å². The molecular formula is C23H26N2O5. The molecule has 7 nitrogen and oxygen atoms in total. The fourth-order valence-corrected chi connectivity index (χ4v) is 3.35. The molecule has 30 heavy (non-hydrogen) atoms. The van der Waals surface area contributed by atoms with Crippen LogP contribution in [-0.4, -0.2) is 49.0 Å². The van der Waals surface area contributed by atoms with E-state index in [1.54, 1.807) is 29.2 Å². The largest absolute Gasteiger partial charge is 0.492 e. The molecule has 0 saturated carbocycles. The fraction of sp³-hybridized carbons (Fsp3) is 0.348. The Bertz CT molecular complexity index is 884. The van der Waals surface area contributed by atoms with Crippen molar-refractivity contribution in [3.8, 4) is 5.75 Å². The zero-order valence-electron chi connectivity index (χ0n) is 17.0. The van der Waals surface area contributed by atoms with Gasteiger partial charge in [-0.05, 0) is 31.0 Å². The molecule has 1 aliphatic heterocycles. The number of benzene rings is 2. The standard InChI is InChI=1S/C23H26N2O5/c1-2-29-20-11-7-6-10-19(20)24-21(26)16-30-23(28)18-14-22(27)25(15-18)13-12-17-8-4-3-5-9-17/h3-11,18H,2,12-16H2,1H3,(H,24,26)/t18-/m0/s1. The number of esters is 1. The SMILES string of the molecule is CCOc1ccccc1NC(=O)COC(=O)[C@H]1CC(=O)N(CCc2ccccc2)C1. The van der Waals surface area contributed by atoms with Crippen LogP contribution in [0.25, 0.3) is 0 Å². The van der Waals surface area contributed by atoms with Crippen molar-refractivity contribution in [2.75, 3.05) is 31.6 Å². The van der Waals surface area contributed by atoms with E-state index in [-0.39, 0.29) is 12.3 Å². The van der Waals surface area contributed by atoms with Crippen LogP contribution in [0.15, 0.2) is 54.6 Å². The van der Waals surface area contributed by atoms with Gasteiger partial charge >= 0.3 is 5.97 Å². The van der Waals surface area contributed by atoms with E-state index in [1.165, 1.54) is 0 Å². The van der Waals surface area contributed by atoms with E-state index in [1.807, 2.05) is 37.3 Å². The molecule has 2 aromatic rings. The number of hydrogen-bond donors (Lipinski definition) is 1. The highest BCUT2D eigenvalue weighted by Gasteiger charge is 2.35. The van der Waals surface area contributed by atoms with Crippen molar-refractivity contribution >= 4 is 23.5 Å². The summed E-state index contributed by atoms with van der Waals surface area (Å²) in [5.74, 6) is -1.05. The van der Waals surface area contributed by atoms with E-state index >= 15 is 0 Å². The van der Waals surface area contributed by atoms with Crippen LogP contribution in [0, 0.1) is 5.92 Å². The molecule has 0 bridgehead atoms. The minimum atomic E-state index is -0.545. The minimum Gasteiger partial charge on any atom is -0.492 e. The molecule has 1 N–H and O–H groups in total. The first-order valence-electron chi connectivity index (χ1n) is 10.1. The molecule has 1 heterocycles. The van der Waals surface area contributed by atoms with Gasteiger partial charge in [0.15, 0.2) is 6.61 Å². The summed E-state index contributed by atoms with van der Waals surface area (Å²) in [5, 5.41) is 2.68. The predicted octanol–water partition coefficient (Wildman–Crippen LogP) is 2.66. The molecule has 7 heteroatoms. The van der Waals surface area contributed by atoms with Gasteiger partial charge in [-0.3, -0.25) is 14.4 Å². The monoisotopic (exact) mass is 410 g/mol. The zero-order valence-corrected chi connectivity index (χ0v) is 17.0. The molecule has 0 unspecified atom stereocenters. The zero-order chi connectivity index (χ0) is 21.3. The number of carbonyl (C=O) groups excluding carboxylic acids is 3. The maximum Gasteiger partial charge on any atom is 0.311 e. The third kappa shape index (κ3) is 5.83. The second-order valence-corrected chi connectivity index (χ2v) is 7.06. The lowest BCUT2D eigenvalue weighted by molar-refractivity contribution is -0.151. The highest BCUT2D eigenvalue weighted by molar-refractivity contribution is 5.94. The predicted molar refractivity (Wildman–Crippen MR) is 112 cm³/mol. The summed E-state index contributed by atoms with van der Waals surface area (Å²) >= 11 is 0. The van der Waals surface area contributed by atoms with Crippen molar-refractivity contribution in [2.24, 2.45) is 5.92 Å². The first-order valence-corrected chi connectivity index (χ1v) is 10.1. The highest BCUT2D eigenvalue weighted by atomic mass is 16.5. The van der Waals surface area contributed by atoms with Crippen molar-refractivity contribution in [3.05, 3.63) is 60.2 Å². The molecule has 2 aromatic carbocycles. The average molecular weight is 410 g/mol. The number of anilines is 1. The molecule has 1 saturated heterocycles. The number of likely N-dealkylation sites (tertiary alicyclic amines) is 1. The third-order valence-corrected chi connectivity index (χ3v) is 4.87. The van der Waals surface area contributed by atoms with Gasteiger partial charge in [0, 0.05) is 19.5 Å². The molecule has 1 aliphatic rings. The second-order valence-electron chi connectivity index (χ2n) is 7.06. The van der Waals surface area contributed by atoms with E-state index in [9.17, 15) is 14.4 Å². The van der Waals surface area contributed by atoms with Gasteiger partial charge in [0.2, 0.25) is 5.91 Å². The normalized spacial score (nSPS) is 15.7. The molecule has 1 atom stereocenters. The summed E-state index contributed by atoms with van der Waals surface area (Å²) in [6.07, 6.45) is 0.846. The summed E-state index contributed by atoms with van der Waals surface area (Å²) < 4.78 is 10.6. The topological polar surface area (TPSA) is 84.9 Å². The van der Waals surface area contributed by atoms with Crippen molar-refractivity contribution in [2.45, 2.75) is 19.8 Å². The average Bonchev–Trinajstić information content (AvgIpc) is 3.13. The van der Waals surface area contributed by atoms with Gasteiger partial charge in [-0.2, -0.15) is 0 Å². The number of ether oxygens (including phenoxy) is 2. The molecular weight excluding hydrogens is 384 g/mol. The summed E-state index contributed by atoms with van der Waals surface area (Å²) in [6.45, 7) is 2.79. The molecule has 0 aromatic heterocycles. The van der Waals surface area contributed by atoms with Gasteiger partial charge in [-0.15, -0.1) is 0 Å². The van der Waals surface area contributed by atoms with Gasteiger partial charge in [0.05, 0.1) is 18.2 Å². The Morgan fingerprint density at radius 2 is 1.83 bits per heavy atom. The Hall–Kier alpha value is -3.35. The summed E-state index contributed by atoms with van der Waals surface area (Å²) in [4.78, 5) is 38.4. The smallest absolute Gasteiger partial charge is 0.311 e. The number of nitrogens with one attached hydrogen (secondary N) is 1. The molecule has 3 rings (SSSR count). The van der Waals surface area contributed by atoms with Crippen molar-refractivity contribution in [1.29, 1.82) is 0 Å². The lowest BCUT2D eigenvalue weighted by atomic mass is 10.1. The number of rotatable bonds is 9. The van der Waals surface area contributed by atoms with Crippen molar-refractivity contribution in [3.63, 3.8) is 0 Å². The van der Waals surface area contributed by atoms with Gasteiger partial charge < -0.3 is 19.7 Å². The molecule has 1 fully saturated rings. The summed E-state index contributed by atoms with van der Waals surface area (Å²) in [6, 6.07) is 16.9. The number of hydrogen-bond acceptors (Lipinski definition) is 5. The van der Waals surface area contributed by atoms with Crippen LogP contribution in [-0.2, 0) is 25.5 Å². The van der Waals surface area contributed by atoms with Crippen LogP contribution in [0.4, 0.5) is 5.69 Å². The lowest BCUT2D eigenvalue weighted by Crippen LogP contribution is -2.29. The van der Waals surface area contributed by atoms with Gasteiger partial charge in [-0.1, -0.05) is 42.5 Å². The maximum atomic E-state index is 12.3. The maximum absolute atomic E-state index is 12.3. The highest BCUT2D eigenvalue weighted by Crippen LogP contribution is 2.24. The van der Waals surface area contributed by atoms with E-state index < -0.39 is 24.4 Å². The molecule has 0 aliphatic carbocycles. The molecule has 158 valence electrons. The van der Waals surface area contributed by atoms with Gasteiger partial charge in [-0.25, -0.2) is 0 Å². The number of para-hydroxylation sites is 2. The summed E-state index contributed by atoms with van der Waals surface area (Å²) in [5.41, 5.74) is 1.66. The van der Waals surface area contributed by atoms with Crippen LogP contribution < -0.4 is 10.1 Å². The minimum absolute atomic E-state index is 0.0667. The quantitative estimate of drug-likeness (QED) is 0.643. The lowest BCUT2D eigenvalue weighted by Gasteiger charge is -2.16.